The standard InChI is InChI=1S/C31H37NO/c1-10-26-25-14-28-23(12-21(25)18(3)16-30(26,6)7)20(5)24-13-22-19(4)17-31(8,9)32(11-2)27(22)15-29(24)33-28/h12-17H,10-11H2,1-9H3. The van der Waals surface area contributed by atoms with E-state index in [0.29, 0.717) is 0 Å². The number of hydrogen-bond acceptors (Lipinski definition) is 2. The second-order valence-corrected chi connectivity index (χ2v) is 11.1. The monoisotopic (exact) mass is 439 g/mol. The topological polar surface area (TPSA) is 12.5 Å². The summed E-state index contributed by atoms with van der Waals surface area (Å²) in [6, 6.07) is 9.29. The number of hydrogen-bond donors (Lipinski definition) is 0. The van der Waals surface area contributed by atoms with Crippen LogP contribution in [0.2, 0.25) is 0 Å². The Morgan fingerprint density at radius 3 is 2.12 bits per heavy atom. The molecule has 0 saturated heterocycles. The van der Waals surface area contributed by atoms with Gasteiger partial charge in [-0.25, -0.2) is 0 Å². The molecule has 172 valence electrons. The first kappa shape index (κ1) is 22.1. The van der Waals surface area contributed by atoms with Crippen molar-refractivity contribution >= 4 is 28.0 Å². The molecule has 33 heavy (non-hydrogen) atoms. The smallest absolute Gasteiger partial charge is 0.137 e. The van der Waals surface area contributed by atoms with Gasteiger partial charge in [0.25, 0.3) is 0 Å². The van der Waals surface area contributed by atoms with Gasteiger partial charge in [0, 0.05) is 40.1 Å². The molecule has 0 amide bonds. The van der Waals surface area contributed by atoms with Gasteiger partial charge in [-0.3, -0.25) is 0 Å². The second kappa shape index (κ2) is 7.13. The molecular formula is C31H37NO. The summed E-state index contributed by atoms with van der Waals surface area (Å²) in [7, 11) is 0. The Kier molecular flexibility index (Phi) is 4.77. The van der Waals surface area contributed by atoms with Crippen molar-refractivity contribution in [2.24, 2.45) is 5.41 Å². The molecule has 0 aromatic heterocycles. The van der Waals surface area contributed by atoms with E-state index < -0.39 is 0 Å². The molecular weight excluding hydrogens is 402 g/mol. The molecule has 5 rings (SSSR count). The van der Waals surface area contributed by atoms with Gasteiger partial charge in [0.2, 0.25) is 0 Å². The third-order valence-corrected chi connectivity index (χ3v) is 8.00. The highest BCUT2D eigenvalue weighted by Gasteiger charge is 2.33. The number of anilines is 1. The minimum Gasteiger partial charge on any atom is -0.456 e. The summed E-state index contributed by atoms with van der Waals surface area (Å²) in [6.07, 6.45) is 5.87. The molecule has 3 aliphatic rings. The van der Waals surface area contributed by atoms with Crippen LogP contribution in [0.3, 0.4) is 0 Å². The predicted molar refractivity (Wildman–Crippen MR) is 142 cm³/mol. The average molecular weight is 440 g/mol. The molecule has 0 unspecified atom stereocenters. The normalized spacial score (nSPS) is 19.6. The minimum absolute atomic E-state index is 0.00902. The molecule has 2 heterocycles. The van der Waals surface area contributed by atoms with Gasteiger partial charge in [-0.15, -0.1) is 0 Å². The first-order valence-corrected chi connectivity index (χ1v) is 12.4. The fraction of sp³-hybridized carbons (Fsp3) is 0.419. The fourth-order valence-electron chi connectivity index (χ4n) is 6.56. The lowest BCUT2D eigenvalue weighted by Gasteiger charge is -2.43. The lowest BCUT2D eigenvalue weighted by Crippen LogP contribution is -2.45. The zero-order valence-corrected chi connectivity index (χ0v) is 21.7. The molecule has 0 fully saturated rings. The largest absolute Gasteiger partial charge is 0.456 e. The number of fused-ring (bicyclic) bond motifs is 4. The third-order valence-electron chi connectivity index (χ3n) is 8.00. The number of nitrogens with zero attached hydrogens (tertiary/aromatic N) is 1. The molecule has 2 aromatic carbocycles. The molecule has 2 aliphatic heterocycles. The van der Waals surface area contributed by atoms with E-state index in [4.69, 9.17) is 4.74 Å². The van der Waals surface area contributed by atoms with E-state index in [-0.39, 0.29) is 11.0 Å². The maximum atomic E-state index is 6.67. The first-order valence-electron chi connectivity index (χ1n) is 12.4. The van der Waals surface area contributed by atoms with Crippen molar-refractivity contribution in [3.8, 4) is 11.5 Å². The van der Waals surface area contributed by atoms with Crippen LogP contribution in [0.4, 0.5) is 5.69 Å². The Morgan fingerprint density at radius 1 is 0.758 bits per heavy atom. The summed E-state index contributed by atoms with van der Waals surface area (Å²) < 4.78 is 6.67. The Labute approximate surface area is 199 Å². The van der Waals surface area contributed by atoms with Crippen LogP contribution in [0.25, 0.3) is 22.3 Å². The zero-order chi connectivity index (χ0) is 23.9. The highest BCUT2D eigenvalue weighted by Crippen LogP contribution is 2.45. The summed E-state index contributed by atoms with van der Waals surface area (Å²) in [5.41, 5.74) is 10.7. The highest BCUT2D eigenvalue weighted by molar-refractivity contribution is 5.87. The average Bonchev–Trinajstić information content (AvgIpc) is 2.71. The van der Waals surface area contributed by atoms with Gasteiger partial charge >= 0.3 is 0 Å². The number of likely N-dealkylation sites (N-methyl/N-ethyl adjacent to an activating group) is 1. The number of ether oxygens (including phenoxy) is 1. The maximum absolute atomic E-state index is 6.67. The summed E-state index contributed by atoms with van der Waals surface area (Å²) >= 11 is 0. The Hall–Kier alpha value is -2.74. The second-order valence-electron chi connectivity index (χ2n) is 11.1. The van der Waals surface area contributed by atoms with E-state index >= 15 is 0 Å². The quantitative estimate of drug-likeness (QED) is 0.498. The third kappa shape index (κ3) is 3.14. The Morgan fingerprint density at radius 2 is 1.45 bits per heavy atom. The molecule has 2 heteroatoms. The van der Waals surface area contributed by atoms with E-state index in [2.05, 4.69) is 104 Å². The van der Waals surface area contributed by atoms with Gasteiger partial charge < -0.3 is 9.64 Å². The van der Waals surface area contributed by atoms with Crippen molar-refractivity contribution in [1.82, 2.24) is 0 Å². The minimum atomic E-state index is -0.00902. The lowest BCUT2D eigenvalue weighted by atomic mass is 9.74. The van der Waals surface area contributed by atoms with Gasteiger partial charge in [-0.05, 0) is 93.7 Å². The maximum Gasteiger partial charge on any atom is 0.137 e. The summed E-state index contributed by atoms with van der Waals surface area (Å²) in [5.74, 6) is 1.96. The summed E-state index contributed by atoms with van der Waals surface area (Å²) in [6.45, 7) is 21.4. The SMILES string of the molecule is CCC1=c2cc3c(cc2C(C)=CC1(C)C)=C(C)c1cc2c(cc1O3)N(CC)C(C)(C)C=C2C. The van der Waals surface area contributed by atoms with Crippen molar-refractivity contribution < 1.29 is 4.74 Å². The Balaban J connectivity index is 1.79. The van der Waals surface area contributed by atoms with Crippen molar-refractivity contribution in [3.05, 3.63) is 63.5 Å². The van der Waals surface area contributed by atoms with Gasteiger partial charge in [-0.1, -0.05) is 38.5 Å². The molecule has 0 atom stereocenters. The fourth-order valence-corrected chi connectivity index (χ4v) is 6.56. The van der Waals surface area contributed by atoms with Crippen molar-refractivity contribution in [2.45, 2.75) is 74.3 Å². The van der Waals surface area contributed by atoms with Crippen LogP contribution in [-0.2, 0) is 0 Å². The molecule has 0 bridgehead atoms. The van der Waals surface area contributed by atoms with E-state index in [1.54, 1.807) is 0 Å². The number of rotatable bonds is 2. The van der Waals surface area contributed by atoms with Gasteiger partial charge in [0.05, 0.1) is 5.54 Å². The Bertz CT molecular complexity index is 1380. The van der Waals surface area contributed by atoms with Crippen LogP contribution in [0.5, 0.6) is 11.5 Å². The van der Waals surface area contributed by atoms with Crippen LogP contribution in [-0.4, -0.2) is 12.1 Å². The molecule has 1 aliphatic carbocycles. The van der Waals surface area contributed by atoms with Gasteiger partial charge in [0.1, 0.15) is 11.5 Å². The molecule has 2 nitrogen and oxygen atoms in total. The van der Waals surface area contributed by atoms with Crippen LogP contribution < -0.4 is 20.1 Å². The van der Waals surface area contributed by atoms with Crippen LogP contribution in [0.1, 0.15) is 85.4 Å². The van der Waals surface area contributed by atoms with Crippen LogP contribution in [0, 0.1) is 5.41 Å². The predicted octanol–water partition coefficient (Wildman–Crippen LogP) is 7.04. The van der Waals surface area contributed by atoms with E-state index in [9.17, 15) is 0 Å². The highest BCUT2D eigenvalue weighted by atomic mass is 16.5. The van der Waals surface area contributed by atoms with Gasteiger partial charge in [0.15, 0.2) is 0 Å². The van der Waals surface area contributed by atoms with Crippen molar-refractivity contribution in [1.29, 1.82) is 0 Å². The van der Waals surface area contributed by atoms with Crippen LogP contribution >= 0.6 is 0 Å². The van der Waals surface area contributed by atoms with E-state index in [1.807, 2.05) is 0 Å². The van der Waals surface area contributed by atoms with Crippen molar-refractivity contribution in [3.63, 3.8) is 0 Å². The molecule has 0 radical (unpaired) electrons. The van der Waals surface area contributed by atoms with E-state index in [0.717, 1.165) is 24.5 Å². The molecule has 2 aromatic rings. The number of benzene rings is 2. The molecule has 0 saturated carbocycles. The summed E-state index contributed by atoms with van der Waals surface area (Å²) in [4.78, 5) is 2.48. The summed E-state index contributed by atoms with van der Waals surface area (Å²) in [5, 5.41) is 2.57. The zero-order valence-electron chi connectivity index (χ0n) is 21.7. The molecule has 0 spiro atoms. The lowest BCUT2D eigenvalue weighted by molar-refractivity contribution is 0.470. The number of allylic oxidation sites excluding steroid dienone is 3. The van der Waals surface area contributed by atoms with Crippen LogP contribution in [0.15, 0.2) is 36.4 Å². The molecule has 0 N–H and O–H groups in total. The van der Waals surface area contributed by atoms with Gasteiger partial charge in [-0.2, -0.15) is 0 Å². The van der Waals surface area contributed by atoms with Crippen molar-refractivity contribution in [2.75, 3.05) is 11.4 Å². The first-order chi connectivity index (χ1) is 15.5. The van der Waals surface area contributed by atoms with E-state index in [1.165, 1.54) is 55.1 Å².